The minimum absolute atomic E-state index is 0.0926. The molecule has 1 aliphatic heterocycles. The van der Waals surface area contributed by atoms with Crippen LogP contribution in [0.3, 0.4) is 0 Å². The highest BCUT2D eigenvalue weighted by molar-refractivity contribution is 6.34. The van der Waals surface area contributed by atoms with Crippen LogP contribution in [-0.2, 0) is 12.0 Å². The lowest BCUT2D eigenvalue weighted by Crippen LogP contribution is -2.27. The van der Waals surface area contributed by atoms with Gasteiger partial charge in [0.25, 0.3) is 0 Å². The standard InChI is InChI=1S/C25H23Cl3N2/c1-15-6-5-7-21(24(15)28)30-14-20-18(19(27)13-23(29-20)25(2,3)4)12-22(30)16-8-10-17(26)11-9-16/h5-13H,14H2,1-4H3. The maximum absolute atomic E-state index is 6.73. The van der Waals surface area contributed by atoms with Crippen molar-refractivity contribution >= 4 is 52.3 Å². The van der Waals surface area contributed by atoms with Crippen molar-refractivity contribution < 1.29 is 0 Å². The summed E-state index contributed by atoms with van der Waals surface area (Å²) in [4.78, 5) is 7.19. The van der Waals surface area contributed by atoms with E-state index in [0.29, 0.717) is 16.6 Å². The Morgan fingerprint density at radius 1 is 0.967 bits per heavy atom. The lowest BCUT2D eigenvalue weighted by atomic mass is 9.90. The summed E-state index contributed by atoms with van der Waals surface area (Å²) >= 11 is 19.6. The van der Waals surface area contributed by atoms with Crippen LogP contribution >= 0.6 is 34.8 Å². The van der Waals surface area contributed by atoms with Crippen molar-refractivity contribution in [3.05, 3.63) is 91.7 Å². The van der Waals surface area contributed by atoms with Crippen LogP contribution in [0.25, 0.3) is 11.8 Å². The second-order valence-electron chi connectivity index (χ2n) is 8.63. The second-order valence-corrected chi connectivity index (χ2v) is 9.85. The van der Waals surface area contributed by atoms with Gasteiger partial charge in [0, 0.05) is 27.4 Å². The first-order chi connectivity index (χ1) is 14.1. The van der Waals surface area contributed by atoms with E-state index in [-0.39, 0.29) is 5.41 Å². The van der Waals surface area contributed by atoms with Crippen LogP contribution in [0, 0.1) is 6.92 Å². The van der Waals surface area contributed by atoms with Crippen molar-refractivity contribution in [1.29, 1.82) is 0 Å². The van der Waals surface area contributed by atoms with E-state index in [9.17, 15) is 0 Å². The van der Waals surface area contributed by atoms with E-state index in [1.807, 2.05) is 55.5 Å². The van der Waals surface area contributed by atoms with Crippen LogP contribution in [0.15, 0.2) is 48.5 Å². The van der Waals surface area contributed by atoms with Crippen molar-refractivity contribution in [2.75, 3.05) is 4.90 Å². The third kappa shape index (κ3) is 3.97. The van der Waals surface area contributed by atoms with E-state index >= 15 is 0 Å². The summed E-state index contributed by atoms with van der Waals surface area (Å²) in [7, 11) is 0. The van der Waals surface area contributed by atoms with Crippen molar-refractivity contribution in [2.24, 2.45) is 0 Å². The molecule has 0 saturated carbocycles. The Balaban J connectivity index is 1.94. The Morgan fingerprint density at radius 3 is 2.33 bits per heavy atom. The molecule has 3 aromatic rings. The molecule has 1 aromatic heterocycles. The second kappa shape index (κ2) is 7.92. The summed E-state index contributed by atoms with van der Waals surface area (Å²) in [5, 5.41) is 2.15. The molecule has 2 aromatic carbocycles. The van der Waals surface area contributed by atoms with E-state index in [1.165, 1.54) is 0 Å². The van der Waals surface area contributed by atoms with Gasteiger partial charge in [-0.15, -0.1) is 0 Å². The zero-order chi connectivity index (χ0) is 21.6. The first kappa shape index (κ1) is 21.2. The summed E-state index contributed by atoms with van der Waals surface area (Å²) < 4.78 is 0. The van der Waals surface area contributed by atoms with Gasteiger partial charge in [0.05, 0.1) is 28.0 Å². The largest absolute Gasteiger partial charge is 0.334 e. The fourth-order valence-corrected chi connectivity index (χ4v) is 4.22. The summed E-state index contributed by atoms with van der Waals surface area (Å²) in [6, 6.07) is 15.9. The van der Waals surface area contributed by atoms with Gasteiger partial charge in [0.15, 0.2) is 0 Å². The zero-order valence-corrected chi connectivity index (χ0v) is 19.7. The molecule has 0 saturated heterocycles. The normalized spacial score (nSPS) is 13.8. The number of aryl methyl sites for hydroxylation is 1. The van der Waals surface area contributed by atoms with E-state index in [1.54, 1.807) is 0 Å². The Morgan fingerprint density at radius 2 is 1.67 bits per heavy atom. The molecule has 4 rings (SSSR count). The average Bonchev–Trinajstić information content (AvgIpc) is 2.69. The number of aromatic nitrogens is 1. The van der Waals surface area contributed by atoms with Gasteiger partial charge in [-0.3, -0.25) is 4.98 Å². The first-order valence-electron chi connectivity index (χ1n) is 9.85. The highest BCUT2D eigenvalue weighted by Gasteiger charge is 2.27. The van der Waals surface area contributed by atoms with E-state index in [2.05, 4.69) is 31.7 Å². The van der Waals surface area contributed by atoms with Crippen LogP contribution in [0.5, 0.6) is 0 Å². The van der Waals surface area contributed by atoms with Crippen molar-refractivity contribution in [3.63, 3.8) is 0 Å². The maximum Gasteiger partial charge on any atom is 0.0692 e. The molecule has 0 radical (unpaired) electrons. The monoisotopic (exact) mass is 456 g/mol. The van der Waals surface area contributed by atoms with Gasteiger partial charge in [-0.05, 0) is 48.4 Å². The molecule has 2 nitrogen and oxygen atoms in total. The fraction of sp³-hybridized carbons (Fsp3) is 0.240. The van der Waals surface area contributed by atoms with Crippen LogP contribution in [0.2, 0.25) is 15.1 Å². The highest BCUT2D eigenvalue weighted by Crippen LogP contribution is 2.41. The van der Waals surface area contributed by atoms with Crippen LogP contribution in [0.1, 0.15) is 48.8 Å². The number of hydrogen-bond acceptors (Lipinski definition) is 2. The minimum atomic E-state index is -0.0926. The number of hydrogen-bond donors (Lipinski definition) is 0. The van der Waals surface area contributed by atoms with Crippen molar-refractivity contribution in [1.82, 2.24) is 4.98 Å². The van der Waals surface area contributed by atoms with Gasteiger partial charge in [-0.2, -0.15) is 0 Å². The molecule has 0 unspecified atom stereocenters. The topological polar surface area (TPSA) is 16.1 Å². The molecule has 0 atom stereocenters. The van der Waals surface area contributed by atoms with E-state index in [0.717, 1.165) is 44.5 Å². The Bertz CT molecular complexity index is 1140. The molecular weight excluding hydrogens is 435 g/mol. The Kier molecular flexibility index (Phi) is 5.61. The molecule has 0 spiro atoms. The minimum Gasteiger partial charge on any atom is -0.334 e. The molecule has 0 N–H and O–H groups in total. The Hall–Kier alpha value is -2.00. The Labute approximate surface area is 193 Å². The van der Waals surface area contributed by atoms with Gasteiger partial charge in [-0.1, -0.05) is 79.8 Å². The van der Waals surface area contributed by atoms with Gasteiger partial charge in [0.1, 0.15) is 0 Å². The van der Waals surface area contributed by atoms with Gasteiger partial charge >= 0.3 is 0 Å². The molecule has 5 heteroatoms. The van der Waals surface area contributed by atoms with Crippen molar-refractivity contribution in [3.8, 4) is 0 Å². The molecular formula is C25H23Cl3N2. The molecule has 30 heavy (non-hydrogen) atoms. The molecule has 1 aliphatic rings. The lowest BCUT2D eigenvalue weighted by Gasteiger charge is -2.34. The average molecular weight is 458 g/mol. The van der Waals surface area contributed by atoms with E-state index in [4.69, 9.17) is 39.8 Å². The molecule has 0 amide bonds. The molecule has 2 heterocycles. The van der Waals surface area contributed by atoms with Gasteiger partial charge < -0.3 is 4.90 Å². The number of fused-ring (bicyclic) bond motifs is 1. The number of pyridine rings is 1. The van der Waals surface area contributed by atoms with Crippen LogP contribution < -0.4 is 4.90 Å². The third-order valence-corrected chi connectivity index (χ3v) is 6.39. The zero-order valence-electron chi connectivity index (χ0n) is 17.4. The number of halogens is 3. The smallest absolute Gasteiger partial charge is 0.0692 e. The number of rotatable bonds is 2. The van der Waals surface area contributed by atoms with Gasteiger partial charge in [0.2, 0.25) is 0 Å². The van der Waals surface area contributed by atoms with Crippen molar-refractivity contribution in [2.45, 2.75) is 39.7 Å². The predicted octanol–water partition coefficient (Wildman–Crippen LogP) is 8.17. The summed E-state index contributed by atoms with van der Waals surface area (Å²) in [5.74, 6) is 0. The third-order valence-electron chi connectivity index (χ3n) is 5.34. The lowest BCUT2D eigenvalue weighted by molar-refractivity contribution is 0.565. The summed E-state index contributed by atoms with van der Waals surface area (Å²) in [5.41, 5.74) is 6.82. The molecule has 0 bridgehead atoms. The fourth-order valence-electron chi connectivity index (χ4n) is 3.60. The molecule has 0 fully saturated rings. The maximum atomic E-state index is 6.73. The number of nitrogens with zero attached hydrogens (tertiary/aromatic N) is 2. The SMILES string of the molecule is Cc1cccc(N2Cc3nc(C(C)(C)C)cc(Cl)c3C=C2c2ccc(Cl)cc2)c1Cl. The highest BCUT2D eigenvalue weighted by atomic mass is 35.5. The summed E-state index contributed by atoms with van der Waals surface area (Å²) in [6.45, 7) is 9.03. The molecule has 154 valence electrons. The van der Waals surface area contributed by atoms with Crippen LogP contribution in [-0.4, -0.2) is 4.98 Å². The first-order valence-corrected chi connectivity index (χ1v) is 11.0. The molecule has 0 aliphatic carbocycles. The number of anilines is 1. The number of benzene rings is 2. The predicted molar refractivity (Wildman–Crippen MR) is 130 cm³/mol. The van der Waals surface area contributed by atoms with E-state index < -0.39 is 0 Å². The van der Waals surface area contributed by atoms with Gasteiger partial charge in [-0.25, -0.2) is 0 Å². The summed E-state index contributed by atoms with van der Waals surface area (Å²) in [6.07, 6.45) is 2.10. The quantitative estimate of drug-likeness (QED) is 0.386. The van der Waals surface area contributed by atoms with Crippen LogP contribution in [0.4, 0.5) is 5.69 Å².